The predicted octanol–water partition coefficient (Wildman–Crippen LogP) is 3.90. The average molecular weight is 385 g/mol. The number of amides is 2. The van der Waals surface area contributed by atoms with Gasteiger partial charge in [-0.15, -0.1) is 0 Å². The normalized spacial score (nSPS) is 13.6. The first-order valence-electron chi connectivity index (χ1n) is 9.86. The third kappa shape index (κ3) is 3.90. The Morgan fingerprint density at radius 2 is 1.90 bits per heavy atom. The summed E-state index contributed by atoms with van der Waals surface area (Å²) in [5, 5.41) is 3.14. The number of carbonyl (C=O) groups excluding carboxylic acids is 2. The van der Waals surface area contributed by atoms with Crippen LogP contribution in [0.3, 0.4) is 0 Å². The smallest absolute Gasteiger partial charge is 0.252 e. The molecule has 5 nitrogen and oxygen atoms in total. The summed E-state index contributed by atoms with van der Waals surface area (Å²) in [4.78, 5) is 31.1. The highest BCUT2D eigenvalue weighted by Crippen LogP contribution is 2.32. The molecule has 29 heavy (non-hydrogen) atoms. The first kappa shape index (κ1) is 18.9. The number of aromatic nitrogens is 1. The van der Waals surface area contributed by atoms with Crippen LogP contribution in [0.1, 0.15) is 46.4 Å². The van der Waals surface area contributed by atoms with Gasteiger partial charge in [-0.1, -0.05) is 43.3 Å². The molecule has 1 aromatic heterocycles. The summed E-state index contributed by atoms with van der Waals surface area (Å²) in [6.07, 6.45) is 4.81. The number of rotatable bonds is 5. The largest absolute Gasteiger partial charge is 0.341 e. The Balaban J connectivity index is 1.67. The molecule has 5 heteroatoms. The molecular weight excluding hydrogens is 362 g/mol. The van der Waals surface area contributed by atoms with Crippen molar-refractivity contribution in [3.8, 4) is 0 Å². The monoisotopic (exact) mass is 385 g/mol. The van der Waals surface area contributed by atoms with Crippen molar-refractivity contribution < 1.29 is 9.59 Å². The molecule has 2 heterocycles. The number of carbonyl (C=O) groups is 2. The number of hydrogen-bond acceptors (Lipinski definition) is 3. The van der Waals surface area contributed by atoms with E-state index < -0.39 is 0 Å². The number of nitrogens with zero attached hydrogens (tertiary/aromatic N) is 2. The third-order valence-electron chi connectivity index (χ3n) is 5.27. The zero-order chi connectivity index (χ0) is 20.2. The molecule has 0 bridgehead atoms. The molecule has 0 aliphatic carbocycles. The van der Waals surface area contributed by atoms with Gasteiger partial charge < -0.3 is 10.2 Å². The van der Waals surface area contributed by atoms with Crippen molar-refractivity contribution in [3.05, 3.63) is 95.3 Å². The molecule has 1 N–H and O–H groups in total. The number of pyridine rings is 1. The summed E-state index contributed by atoms with van der Waals surface area (Å²) in [6.45, 7) is 2.59. The maximum atomic E-state index is 12.8. The first-order chi connectivity index (χ1) is 14.2. The lowest BCUT2D eigenvalue weighted by Crippen LogP contribution is -2.29. The predicted molar refractivity (Wildman–Crippen MR) is 113 cm³/mol. The van der Waals surface area contributed by atoms with Crippen LogP contribution in [0.15, 0.2) is 73.1 Å². The topological polar surface area (TPSA) is 62.3 Å². The lowest BCUT2D eigenvalue weighted by atomic mass is 9.97. The van der Waals surface area contributed by atoms with E-state index in [2.05, 4.69) is 16.4 Å². The summed E-state index contributed by atoms with van der Waals surface area (Å²) >= 11 is 0. The second kappa shape index (κ2) is 8.27. The molecule has 1 aliphatic heterocycles. The second-order valence-corrected chi connectivity index (χ2v) is 7.10. The fraction of sp³-hybridized carbons (Fsp3) is 0.208. The van der Waals surface area contributed by atoms with Crippen LogP contribution in [-0.2, 0) is 11.2 Å². The molecule has 1 unspecified atom stereocenters. The molecule has 146 valence electrons. The maximum absolute atomic E-state index is 12.8. The van der Waals surface area contributed by atoms with E-state index in [9.17, 15) is 9.59 Å². The summed E-state index contributed by atoms with van der Waals surface area (Å²) < 4.78 is 0. The molecule has 0 spiro atoms. The van der Waals surface area contributed by atoms with Crippen LogP contribution >= 0.6 is 0 Å². The molecule has 0 radical (unpaired) electrons. The van der Waals surface area contributed by atoms with Gasteiger partial charge in [-0.25, -0.2) is 0 Å². The molecule has 2 amide bonds. The van der Waals surface area contributed by atoms with Crippen LogP contribution in [0.25, 0.3) is 0 Å². The Morgan fingerprint density at radius 3 is 2.62 bits per heavy atom. The first-order valence-corrected chi connectivity index (χ1v) is 9.86. The highest BCUT2D eigenvalue weighted by atomic mass is 16.2. The van der Waals surface area contributed by atoms with Crippen LogP contribution in [0.4, 0.5) is 5.69 Å². The molecule has 0 saturated carbocycles. The van der Waals surface area contributed by atoms with Crippen molar-refractivity contribution >= 4 is 17.5 Å². The number of benzene rings is 2. The van der Waals surface area contributed by atoms with Gasteiger partial charge in [0.05, 0.1) is 6.04 Å². The highest BCUT2D eigenvalue weighted by molar-refractivity contribution is 5.96. The van der Waals surface area contributed by atoms with Gasteiger partial charge in [0, 0.05) is 36.6 Å². The Labute approximate surface area is 170 Å². The Kier molecular flexibility index (Phi) is 5.38. The molecule has 0 saturated heterocycles. The van der Waals surface area contributed by atoms with E-state index >= 15 is 0 Å². The van der Waals surface area contributed by atoms with Crippen LogP contribution in [0.5, 0.6) is 0 Å². The van der Waals surface area contributed by atoms with Crippen molar-refractivity contribution in [2.75, 3.05) is 11.4 Å². The zero-order valence-corrected chi connectivity index (χ0v) is 16.3. The fourth-order valence-electron chi connectivity index (χ4n) is 3.76. The van der Waals surface area contributed by atoms with E-state index in [4.69, 9.17) is 0 Å². The van der Waals surface area contributed by atoms with Gasteiger partial charge in [-0.2, -0.15) is 0 Å². The van der Waals surface area contributed by atoms with Crippen molar-refractivity contribution in [1.82, 2.24) is 10.3 Å². The minimum absolute atomic E-state index is 0.136. The third-order valence-corrected chi connectivity index (χ3v) is 5.27. The SMILES string of the molecule is CCC(=O)N1CCc2cc(C(NC(=O)c3ccccc3)c3cccnc3)ccc21. The van der Waals surface area contributed by atoms with Crippen LogP contribution in [0, 0.1) is 0 Å². The molecule has 3 aromatic rings. The van der Waals surface area contributed by atoms with Crippen LogP contribution < -0.4 is 10.2 Å². The van der Waals surface area contributed by atoms with E-state index in [0.29, 0.717) is 18.5 Å². The standard InChI is InChI=1S/C24H23N3O2/c1-2-22(28)27-14-12-18-15-19(10-11-21(18)27)23(20-9-6-13-25-16-20)26-24(29)17-7-4-3-5-8-17/h3-11,13,15-16,23H,2,12,14H2,1H3,(H,26,29). The quantitative estimate of drug-likeness (QED) is 0.725. The summed E-state index contributed by atoms with van der Waals surface area (Å²) in [5.74, 6) is 0.000397. The van der Waals surface area contributed by atoms with E-state index in [1.54, 1.807) is 24.5 Å². The lowest BCUT2D eigenvalue weighted by molar-refractivity contribution is -0.118. The van der Waals surface area contributed by atoms with Crippen molar-refractivity contribution in [2.45, 2.75) is 25.8 Å². The van der Waals surface area contributed by atoms with E-state index in [1.165, 1.54) is 0 Å². The molecule has 1 aliphatic rings. The van der Waals surface area contributed by atoms with Gasteiger partial charge >= 0.3 is 0 Å². The second-order valence-electron chi connectivity index (χ2n) is 7.10. The van der Waals surface area contributed by atoms with Gasteiger partial charge in [0.15, 0.2) is 0 Å². The molecule has 2 aromatic carbocycles. The number of hydrogen-bond donors (Lipinski definition) is 1. The summed E-state index contributed by atoms with van der Waals surface area (Å²) in [5.41, 5.74) is 4.61. The van der Waals surface area contributed by atoms with Crippen molar-refractivity contribution in [2.24, 2.45) is 0 Å². The van der Waals surface area contributed by atoms with Gasteiger partial charge in [0.2, 0.25) is 5.91 Å². The summed E-state index contributed by atoms with van der Waals surface area (Å²) in [7, 11) is 0. The molecule has 1 atom stereocenters. The van der Waals surface area contributed by atoms with E-state index in [1.807, 2.05) is 54.3 Å². The average Bonchev–Trinajstić information content (AvgIpc) is 3.21. The van der Waals surface area contributed by atoms with Gasteiger partial charge in [-0.05, 0) is 47.4 Å². The number of anilines is 1. The lowest BCUT2D eigenvalue weighted by Gasteiger charge is -2.21. The Morgan fingerprint density at radius 1 is 1.07 bits per heavy atom. The van der Waals surface area contributed by atoms with Crippen LogP contribution in [-0.4, -0.2) is 23.3 Å². The van der Waals surface area contributed by atoms with Crippen LogP contribution in [0.2, 0.25) is 0 Å². The van der Waals surface area contributed by atoms with Crippen molar-refractivity contribution in [3.63, 3.8) is 0 Å². The van der Waals surface area contributed by atoms with Crippen molar-refractivity contribution in [1.29, 1.82) is 0 Å². The van der Waals surface area contributed by atoms with E-state index in [-0.39, 0.29) is 17.9 Å². The molecule has 4 rings (SSSR count). The number of fused-ring (bicyclic) bond motifs is 1. The van der Waals surface area contributed by atoms with Gasteiger partial charge in [0.1, 0.15) is 0 Å². The highest BCUT2D eigenvalue weighted by Gasteiger charge is 2.26. The maximum Gasteiger partial charge on any atom is 0.252 e. The number of nitrogens with one attached hydrogen (secondary N) is 1. The molecular formula is C24H23N3O2. The zero-order valence-electron chi connectivity index (χ0n) is 16.3. The van der Waals surface area contributed by atoms with Gasteiger partial charge in [-0.3, -0.25) is 14.6 Å². The molecule has 0 fully saturated rings. The minimum Gasteiger partial charge on any atom is -0.341 e. The minimum atomic E-state index is -0.322. The van der Waals surface area contributed by atoms with Gasteiger partial charge in [0.25, 0.3) is 5.91 Å². The fourth-order valence-corrected chi connectivity index (χ4v) is 3.76. The Hall–Kier alpha value is -3.47. The Bertz CT molecular complexity index is 1020. The van der Waals surface area contributed by atoms with E-state index in [0.717, 1.165) is 28.8 Å². The summed E-state index contributed by atoms with van der Waals surface area (Å²) in [6, 6.07) is 18.8.